The Hall–Kier alpha value is -3.32. The third-order valence-electron chi connectivity index (χ3n) is 3.70. The Labute approximate surface area is 150 Å². The van der Waals surface area contributed by atoms with Gasteiger partial charge in [-0.1, -0.05) is 6.07 Å². The zero-order valence-electron chi connectivity index (χ0n) is 14.4. The van der Waals surface area contributed by atoms with E-state index in [4.69, 9.17) is 9.84 Å². The summed E-state index contributed by atoms with van der Waals surface area (Å²) < 4.78 is 5.16. The second-order valence-electron chi connectivity index (χ2n) is 5.57. The predicted octanol–water partition coefficient (Wildman–Crippen LogP) is 4.04. The van der Waals surface area contributed by atoms with Gasteiger partial charge in [0, 0.05) is 18.6 Å². The van der Waals surface area contributed by atoms with Gasteiger partial charge in [-0.3, -0.25) is 4.99 Å². The fourth-order valence-electron chi connectivity index (χ4n) is 2.50. The average Bonchev–Trinajstić information content (AvgIpc) is 2.64. The topological polar surface area (TPSA) is 99.7 Å². The Morgan fingerprint density at radius 3 is 2.65 bits per heavy atom. The highest BCUT2D eigenvalue weighted by atomic mass is 16.6. The largest absolute Gasteiger partial charge is 0.506 e. The fraction of sp³-hybridized carbons (Fsp3) is 0.158. The lowest BCUT2D eigenvalue weighted by atomic mass is 10.1. The molecule has 0 aliphatic heterocycles. The monoisotopic (exact) mass is 350 g/mol. The van der Waals surface area contributed by atoms with E-state index < -0.39 is 6.79 Å². The number of hydrogen-bond donors (Lipinski definition) is 2. The summed E-state index contributed by atoms with van der Waals surface area (Å²) in [5.74, 6) is 0.495. The molecule has 1 heterocycles. The summed E-state index contributed by atoms with van der Waals surface area (Å²) in [6.07, 6.45) is 1.61. The van der Waals surface area contributed by atoms with Crippen LogP contribution in [0.1, 0.15) is 11.3 Å². The molecule has 0 saturated heterocycles. The molecule has 0 atom stereocenters. The summed E-state index contributed by atoms with van der Waals surface area (Å²) in [4.78, 5) is 8.31. The quantitative estimate of drug-likeness (QED) is 0.412. The molecule has 26 heavy (non-hydrogen) atoms. The van der Waals surface area contributed by atoms with Gasteiger partial charge in [0.05, 0.1) is 11.4 Å². The van der Waals surface area contributed by atoms with Crippen molar-refractivity contribution in [3.8, 4) is 11.5 Å². The molecule has 2 aromatic carbocycles. The minimum Gasteiger partial charge on any atom is -0.506 e. The zero-order chi connectivity index (χ0) is 18.5. The summed E-state index contributed by atoms with van der Waals surface area (Å²) >= 11 is 0. The number of hydrogen-bond acceptors (Lipinski definition) is 7. The number of aromatic hydroxyl groups is 1. The normalized spacial score (nSPS) is 11.7. The average molecular weight is 350 g/mol. The molecule has 0 aliphatic rings. The van der Waals surface area contributed by atoms with Gasteiger partial charge in [-0.05, 0) is 48.9 Å². The number of ether oxygens (including phenoxy) is 1. The molecule has 0 aliphatic carbocycles. The third kappa shape index (κ3) is 3.68. The molecule has 3 aromatic rings. The van der Waals surface area contributed by atoms with E-state index in [1.807, 2.05) is 25.1 Å². The van der Waals surface area contributed by atoms with Crippen LogP contribution in [0.4, 0.5) is 11.4 Å². The number of phenolic OH excluding ortho intramolecular Hbond substituents is 1. The van der Waals surface area contributed by atoms with Crippen molar-refractivity contribution < 1.29 is 14.9 Å². The van der Waals surface area contributed by atoms with Crippen molar-refractivity contribution in [1.29, 1.82) is 0 Å². The number of fused-ring (bicyclic) bond motifs is 1. The van der Waals surface area contributed by atoms with E-state index in [-0.39, 0.29) is 5.75 Å². The van der Waals surface area contributed by atoms with E-state index in [0.717, 1.165) is 5.56 Å². The number of aliphatic hydroxyl groups is 1. The summed E-state index contributed by atoms with van der Waals surface area (Å²) in [5, 5.41) is 28.3. The molecule has 0 radical (unpaired) electrons. The lowest BCUT2D eigenvalue weighted by Gasteiger charge is -2.07. The van der Waals surface area contributed by atoms with E-state index in [2.05, 4.69) is 20.2 Å². The number of aliphatic imine (C=N–C) groups is 1. The number of aliphatic hydroxyl groups excluding tert-OH is 1. The van der Waals surface area contributed by atoms with Crippen LogP contribution in [0.25, 0.3) is 10.9 Å². The van der Waals surface area contributed by atoms with Crippen molar-refractivity contribution in [2.45, 2.75) is 6.92 Å². The van der Waals surface area contributed by atoms with E-state index >= 15 is 0 Å². The number of aryl methyl sites for hydroxylation is 1. The van der Waals surface area contributed by atoms with Gasteiger partial charge in [0.1, 0.15) is 22.7 Å². The Balaban J connectivity index is 2.05. The second kappa shape index (κ2) is 7.71. The summed E-state index contributed by atoms with van der Waals surface area (Å²) in [5.41, 5.74) is 3.12. The van der Waals surface area contributed by atoms with Gasteiger partial charge >= 0.3 is 0 Å². The molecular weight excluding hydrogens is 332 g/mol. The van der Waals surface area contributed by atoms with Crippen molar-refractivity contribution in [1.82, 2.24) is 4.98 Å². The number of benzene rings is 2. The fourth-order valence-corrected chi connectivity index (χ4v) is 2.50. The lowest BCUT2D eigenvalue weighted by Crippen LogP contribution is -1.94. The number of azo groups is 1. The summed E-state index contributed by atoms with van der Waals surface area (Å²) in [6, 6.07) is 12.2. The molecule has 132 valence electrons. The molecule has 0 saturated carbocycles. The highest BCUT2D eigenvalue weighted by Crippen LogP contribution is 2.34. The smallest absolute Gasteiger partial charge is 0.186 e. The van der Waals surface area contributed by atoms with Crippen LogP contribution in [0.5, 0.6) is 11.5 Å². The van der Waals surface area contributed by atoms with Crippen LogP contribution < -0.4 is 4.74 Å². The maximum absolute atomic E-state index is 10.1. The molecular formula is C19H18N4O3. The molecule has 0 amide bonds. The van der Waals surface area contributed by atoms with Crippen molar-refractivity contribution >= 4 is 28.5 Å². The third-order valence-corrected chi connectivity index (χ3v) is 3.70. The Morgan fingerprint density at radius 2 is 1.88 bits per heavy atom. The van der Waals surface area contributed by atoms with Crippen LogP contribution in [0.2, 0.25) is 0 Å². The molecule has 7 heteroatoms. The number of phenols is 1. The first-order valence-electron chi connectivity index (χ1n) is 7.93. The minimum absolute atomic E-state index is 0.0603. The first-order valence-corrected chi connectivity index (χ1v) is 7.93. The van der Waals surface area contributed by atoms with E-state index in [1.165, 1.54) is 6.07 Å². The minimum atomic E-state index is -0.445. The summed E-state index contributed by atoms with van der Waals surface area (Å²) in [6.45, 7) is 1.48. The highest BCUT2D eigenvalue weighted by molar-refractivity contribution is 5.95. The maximum Gasteiger partial charge on any atom is 0.186 e. The molecule has 0 fully saturated rings. The van der Waals surface area contributed by atoms with Crippen molar-refractivity contribution in [2.75, 3.05) is 13.8 Å². The van der Waals surface area contributed by atoms with Gasteiger partial charge in [-0.2, -0.15) is 0 Å². The SMILES string of the molecule is CN=Cc1ccc2c(N=Nc3cc(C)ccc3OCO)ccc(O)c2n1. The van der Waals surface area contributed by atoms with Crippen LogP contribution in [0.15, 0.2) is 57.7 Å². The molecule has 0 bridgehead atoms. The molecule has 0 unspecified atom stereocenters. The number of rotatable bonds is 5. The van der Waals surface area contributed by atoms with Gasteiger partial charge in [-0.25, -0.2) is 4.98 Å². The van der Waals surface area contributed by atoms with Crippen LogP contribution in [-0.4, -0.2) is 35.3 Å². The predicted molar refractivity (Wildman–Crippen MR) is 100.0 cm³/mol. The molecule has 0 spiro atoms. The molecule has 2 N–H and O–H groups in total. The molecule has 3 rings (SSSR count). The number of pyridine rings is 1. The lowest BCUT2D eigenvalue weighted by molar-refractivity contribution is 0.0990. The standard InChI is InChI=1S/C19H18N4O3/c1-12-3-8-18(26-11-24)16(9-12)23-22-15-6-7-17(25)19-14(15)5-4-13(21-19)10-20-2/h3-10,24-25H,11H2,1-2H3. The first-order chi connectivity index (χ1) is 12.6. The molecule has 1 aromatic heterocycles. The second-order valence-corrected chi connectivity index (χ2v) is 5.57. The van der Waals surface area contributed by atoms with Crippen LogP contribution in [0.3, 0.4) is 0 Å². The van der Waals surface area contributed by atoms with Crippen LogP contribution in [-0.2, 0) is 0 Å². The maximum atomic E-state index is 10.1. The Kier molecular flexibility index (Phi) is 5.19. The zero-order valence-corrected chi connectivity index (χ0v) is 14.4. The Morgan fingerprint density at radius 1 is 1.08 bits per heavy atom. The molecule has 7 nitrogen and oxygen atoms in total. The van der Waals surface area contributed by atoms with Gasteiger partial charge < -0.3 is 14.9 Å². The van der Waals surface area contributed by atoms with Gasteiger partial charge in [0.2, 0.25) is 0 Å². The van der Waals surface area contributed by atoms with Gasteiger partial charge in [0.25, 0.3) is 0 Å². The van der Waals surface area contributed by atoms with Crippen molar-refractivity contribution in [2.24, 2.45) is 15.2 Å². The van der Waals surface area contributed by atoms with Crippen molar-refractivity contribution in [3.63, 3.8) is 0 Å². The number of nitrogens with zero attached hydrogens (tertiary/aromatic N) is 4. The van der Waals surface area contributed by atoms with Gasteiger partial charge in [0.15, 0.2) is 6.79 Å². The van der Waals surface area contributed by atoms with E-state index in [1.54, 1.807) is 31.5 Å². The Bertz CT molecular complexity index is 999. The highest BCUT2D eigenvalue weighted by Gasteiger charge is 2.08. The van der Waals surface area contributed by atoms with Crippen LogP contribution >= 0.6 is 0 Å². The summed E-state index contributed by atoms with van der Waals surface area (Å²) in [7, 11) is 1.66. The van der Waals surface area contributed by atoms with Crippen LogP contribution in [0, 0.1) is 6.92 Å². The van der Waals surface area contributed by atoms with E-state index in [9.17, 15) is 5.11 Å². The van der Waals surface area contributed by atoms with E-state index in [0.29, 0.717) is 33.7 Å². The first kappa shape index (κ1) is 17.5. The van der Waals surface area contributed by atoms with Crippen molar-refractivity contribution in [3.05, 3.63) is 53.7 Å². The van der Waals surface area contributed by atoms with Gasteiger partial charge in [-0.15, -0.1) is 10.2 Å². The number of aromatic nitrogens is 1.